The zero-order valence-corrected chi connectivity index (χ0v) is 29.7. The van der Waals surface area contributed by atoms with Gasteiger partial charge in [-0.25, -0.2) is 0 Å². The number of hydrogen-bond acceptors (Lipinski definition) is 4. The van der Waals surface area contributed by atoms with Gasteiger partial charge in [0.1, 0.15) is 0 Å². The Balaban J connectivity index is 0.000000178. The second-order valence-corrected chi connectivity index (χ2v) is 15.3. The van der Waals surface area contributed by atoms with Gasteiger partial charge in [-0.1, -0.05) is 122 Å². The molecule has 0 bridgehead atoms. The van der Waals surface area contributed by atoms with Crippen molar-refractivity contribution in [3.8, 4) is 0 Å². The summed E-state index contributed by atoms with van der Waals surface area (Å²) in [7, 11) is 0. The summed E-state index contributed by atoms with van der Waals surface area (Å²) in [6.45, 7) is 4.76. The van der Waals surface area contributed by atoms with Crippen LogP contribution < -0.4 is 11.1 Å². The highest BCUT2D eigenvalue weighted by Gasteiger charge is 2.48. The van der Waals surface area contributed by atoms with Gasteiger partial charge in [0.25, 0.3) is 5.91 Å². The minimum atomic E-state index is -0.0313. The van der Waals surface area contributed by atoms with Crippen LogP contribution in [0.5, 0.6) is 0 Å². The van der Waals surface area contributed by atoms with Gasteiger partial charge in [-0.15, -0.1) is 0 Å². The molecule has 3 N–H and O–H groups in total. The molecule has 2 saturated heterocycles. The van der Waals surface area contributed by atoms with Crippen molar-refractivity contribution < 1.29 is 4.79 Å². The number of likely N-dealkylation sites (tertiary alicyclic amines) is 2. The molecule has 0 spiro atoms. The second-order valence-electron chi connectivity index (χ2n) is 14.9. The highest BCUT2D eigenvalue weighted by molar-refractivity contribution is 6.36. The van der Waals surface area contributed by atoms with E-state index in [1.807, 2.05) is 42.5 Å². The number of amides is 1. The fraction of sp³-hybridized carbons (Fsp3) is 0.465. The number of carbonyl (C=O) groups excluding carboxylic acids is 1. The monoisotopic (exact) mass is 676 g/mol. The first-order valence-electron chi connectivity index (χ1n) is 18.9. The van der Waals surface area contributed by atoms with Crippen molar-refractivity contribution in [2.24, 2.45) is 5.73 Å². The molecule has 0 aromatic heterocycles. The summed E-state index contributed by atoms with van der Waals surface area (Å²) < 4.78 is 0. The largest absolute Gasteiger partial charge is 0.343 e. The summed E-state index contributed by atoms with van der Waals surface area (Å²) in [5.74, 6) is -0.0211. The summed E-state index contributed by atoms with van der Waals surface area (Å²) in [6, 6.07) is 33.0. The third kappa shape index (κ3) is 6.93. The zero-order chi connectivity index (χ0) is 33.7. The van der Waals surface area contributed by atoms with Crippen molar-refractivity contribution >= 4 is 28.3 Å². The van der Waals surface area contributed by atoms with Crippen LogP contribution in [-0.2, 0) is 0 Å². The number of rotatable bonds is 8. The van der Waals surface area contributed by atoms with E-state index in [1.54, 1.807) is 0 Å². The summed E-state index contributed by atoms with van der Waals surface area (Å²) >= 11 is 6.41. The van der Waals surface area contributed by atoms with Gasteiger partial charge in [-0.3, -0.25) is 14.6 Å². The molecule has 2 aliphatic heterocycles. The molecule has 0 radical (unpaired) electrons. The Morgan fingerprint density at radius 3 is 1.63 bits per heavy atom. The summed E-state index contributed by atoms with van der Waals surface area (Å²) in [5, 5.41) is 6.00. The number of carbonyl (C=O) groups is 1. The third-order valence-corrected chi connectivity index (χ3v) is 12.5. The minimum absolute atomic E-state index is 0.00422. The molecule has 2 heterocycles. The average molecular weight is 677 g/mol. The Kier molecular flexibility index (Phi) is 10.7. The van der Waals surface area contributed by atoms with Crippen molar-refractivity contribution in [2.75, 3.05) is 26.2 Å². The van der Waals surface area contributed by atoms with E-state index in [9.17, 15) is 4.79 Å². The van der Waals surface area contributed by atoms with E-state index in [0.717, 1.165) is 36.7 Å². The van der Waals surface area contributed by atoms with Crippen molar-refractivity contribution in [3.05, 3.63) is 119 Å². The highest BCUT2D eigenvalue weighted by atomic mass is 35.5. The summed E-state index contributed by atoms with van der Waals surface area (Å²) in [4.78, 5) is 19.1. The normalized spacial score (nSPS) is 21.7. The van der Waals surface area contributed by atoms with E-state index < -0.39 is 0 Å². The van der Waals surface area contributed by atoms with Crippen LogP contribution in [0, 0.1) is 0 Å². The Labute approximate surface area is 298 Å². The van der Waals surface area contributed by atoms with Gasteiger partial charge in [0, 0.05) is 33.1 Å². The number of fused-ring (bicyclic) bond motifs is 1. The highest BCUT2D eigenvalue weighted by Crippen LogP contribution is 2.47. The van der Waals surface area contributed by atoms with Crippen LogP contribution in [0.3, 0.4) is 0 Å². The summed E-state index contributed by atoms with van der Waals surface area (Å²) in [6.07, 6.45) is 15.2. The molecule has 4 aromatic carbocycles. The third-order valence-electron chi connectivity index (χ3n) is 12.2. The molecule has 2 unspecified atom stereocenters. The van der Waals surface area contributed by atoms with Gasteiger partial charge in [0.2, 0.25) is 0 Å². The van der Waals surface area contributed by atoms with E-state index in [0.29, 0.717) is 10.6 Å². The predicted octanol–water partition coefficient (Wildman–Crippen LogP) is 9.47. The average Bonchev–Trinajstić information content (AvgIpc) is 3.99. The van der Waals surface area contributed by atoms with Gasteiger partial charge >= 0.3 is 0 Å². The Hall–Kier alpha value is -3.22. The lowest BCUT2D eigenvalue weighted by atomic mass is 9.81. The second kappa shape index (κ2) is 15.3. The lowest BCUT2D eigenvalue weighted by molar-refractivity contribution is 0.0644. The molecule has 6 heteroatoms. The SMILES string of the molecule is NC(c1ccccc1)C1(N2CCCC2)CCCC1.O=C(NC(c1ccccc1)C1(N2CCCC2)CCCC1)c1ccc(Cl)c2ccccc12. The lowest BCUT2D eigenvalue weighted by Gasteiger charge is -2.45. The molecule has 49 heavy (non-hydrogen) atoms. The lowest BCUT2D eigenvalue weighted by Crippen LogP contribution is -2.55. The number of benzene rings is 4. The fourth-order valence-corrected chi connectivity index (χ4v) is 9.95. The maximum Gasteiger partial charge on any atom is 0.252 e. The molecule has 2 aliphatic carbocycles. The topological polar surface area (TPSA) is 61.6 Å². The first-order chi connectivity index (χ1) is 24.0. The van der Waals surface area contributed by atoms with E-state index in [-0.39, 0.29) is 29.1 Å². The van der Waals surface area contributed by atoms with E-state index in [2.05, 4.69) is 69.7 Å². The quantitative estimate of drug-likeness (QED) is 0.195. The molecule has 2 atom stereocenters. The minimum Gasteiger partial charge on any atom is -0.343 e. The standard InChI is InChI=1S/C27H29ClN2O.C16H24N2/c28-24-15-14-23(21-12-4-5-13-22(21)24)26(31)29-25(20-10-2-1-3-11-20)27(16-6-7-17-27)30-18-8-9-19-30;17-15(14-8-2-1-3-9-14)16(10-4-5-11-16)18-12-6-7-13-18/h1-5,10-15,25H,6-9,16-19H2,(H,29,31);1-3,8-9,15H,4-7,10-13,17H2. The van der Waals surface area contributed by atoms with Gasteiger partial charge in [-0.2, -0.15) is 0 Å². The van der Waals surface area contributed by atoms with Gasteiger partial charge in [-0.05, 0) is 106 Å². The van der Waals surface area contributed by atoms with Crippen LogP contribution in [0.15, 0.2) is 97.1 Å². The van der Waals surface area contributed by atoms with Gasteiger partial charge in [0.15, 0.2) is 0 Å². The Morgan fingerprint density at radius 1 is 0.592 bits per heavy atom. The van der Waals surface area contributed by atoms with Crippen molar-refractivity contribution in [1.82, 2.24) is 15.1 Å². The first-order valence-corrected chi connectivity index (χ1v) is 19.2. The first kappa shape index (κ1) is 34.2. The number of nitrogens with one attached hydrogen (secondary N) is 1. The molecule has 4 aromatic rings. The van der Waals surface area contributed by atoms with Crippen LogP contribution in [0.25, 0.3) is 10.8 Å². The molecule has 2 saturated carbocycles. The molecular weight excluding hydrogens is 624 g/mol. The fourth-order valence-electron chi connectivity index (χ4n) is 9.72. The molecule has 4 aliphatic rings. The van der Waals surface area contributed by atoms with E-state index in [1.165, 1.54) is 88.4 Å². The molecule has 5 nitrogen and oxygen atoms in total. The van der Waals surface area contributed by atoms with Crippen LogP contribution in [-0.4, -0.2) is 53.0 Å². The zero-order valence-electron chi connectivity index (χ0n) is 29.0. The molecule has 8 rings (SSSR count). The van der Waals surface area contributed by atoms with E-state index >= 15 is 0 Å². The van der Waals surface area contributed by atoms with Crippen LogP contribution in [0.1, 0.15) is 111 Å². The van der Waals surface area contributed by atoms with Crippen molar-refractivity contribution in [2.45, 2.75) is 100 Å². The van der Waals surface area contributed by atoms with E-state index in [4.69, 9.17) is 17.3 Å². The van der Waals surface area contributed by atoms with Crippen LogP contribution >= 0.6 is 11.6 Å². The van der Waals surface area contributed by atoms with Gasteiger partial charge < -0.3 is 11.1 Å². The Morgan fingerprint density at radius 2 is 1.06 bits per heavy atom. The number of hydrogen-bond donors (Lipinski definition) is 2. The number of halogens is 1. The molecule has 1 amide bonds. The van der Waals surface area contributed by atoms with Crippen molar-refractivity contribution in [1.29, 1.82) is 0 Å². The molecule has 258 valence electrons. The number of nitrogens with two attached hydrogens (primary N) is 1. The van der Waals surface area contributed by atoms with Crippen molar-refractivity contribution in [3.63, 3.8) is 0 Å². The predicted molar refractivity (Wildman–Crippen MR) is 203 cm³/mol. The smallest absolute Gasteiger partial charge is 0.252 e. The number of nitrogens with zero attached hydrogens (tertiary/aromatic N) is 2. The maximum absolute atomic E-state index is 13.7. The van der Waals surface area contributed by atoms with Gasteiger partial charge in [0.05, 0.1) is 6.04 Å². The molecular formula is C43H53ClN4O. The van der Waals surface area contributed by atoms with Crippen LogP contribution in [0.2, 0.25) is 5.02 Å². The molecule has 4 fully saturated rings. The maximum atomic E-state index is 13.7. The van der Waals surface area contributed by atoms with Crippen LogP contribution in [0.4, 0.5) is 0 Å². The Bertz CT molecular complexity index is 1670. The summed E-state index contributed by atoms with van der Waals surface area (Å²) in [5.41, 5.74) is 10.1.